The first-order chi connectivity index (χ1) is 14.1. The molecule has 0 spiro atoms. The molecule has 3 rings (SSSR count). The molecule has 6 nitrogen and oxygen atoms in total. The zero-order valence-electron chi connectivity index (χ0n) is 17.4. The predicted molar refractivity (Wildman–Crippen MR) is 116 cm³/mol. The van der Waals surface area contributed by atoms with Crippen molar-refractivity contribution in [2.45, 2.75) is 45.1 Å². The molecule has 2 aromatic rings. The quantitative estimate of drug-likeness (QED) is 0.630. The fourth-order valence-corrected chi connectivity index (χ4v) is 4.79. The molecule has 1 fully saturated rings. The maximum absolute atomic E-state index is 11.5. The summed E-state index contributed by atoms with van der Waals surface area (Å²) < 4.78 is 10.7. The largest absolute Gasteiger partial charge is 0.493 e. The van der Waals surface area contributed by atoms with E-state index in [-0.39, 0.29) is 12.5 Å². The standard InChI is InChI=1S/C22H31N3O3S/c1-27-19-9-8-17(12-20(19)28-2)22-24-18(15-29-22)13-25(14-21(23)26)11-10-16-6-4-3-5-7-16/h8-9,12,15-16H,3-7,10-11,13-14H2,1-2H3,(H2,23,26). The van der Waals surface area contributed by atoms with E-state index in [1.54, 1.807) is 25.6 Å². The van der Waals surface area contributed by atoms with Crippen molar-refractivity contribution in [1.29, 1.82) is 0 Å². The third-order valence-corrected chi connectivity index (χ3v) is 6.47. The predicted octanol–water partition coefficient (Wildman–Crippen LogP) is 4.09. The van der Waals surface area contributed by atoms with Gasteiger partial charge in [-0.15, -0.1) is 11.3 Å². The Morgan fingerprint density at radius 3 is 2.66 bits per heavy atom. The Morgan fingerprint density at radius 1 is 1.21 bits per heavy atom. The van der Waals surface area contributed by atoms with E-state index in [1.165, 1.54) is 32.1 Å². The van der Waals surface area contributed by atoms with Gasteiger partial charge in [0.25, 0.3) is 0 Å². The summed E-state index contributed by atoms with van der Waals surface area (Å²) in [7, 11) is 3.25. The lowest BCUT2D eigenvalue weighted by Crippen LogP contribution is -2.35. The van der Waals surface area contributed by atoms with Crippen LogP contribution >= 0.6 is 11.3 Å². The summed E-state index contributed by atoms with van der Waals surface area (Å²) in [6.07, 6.45) is 7.77. The third kappa shape index (κ3) is 6.18. The molecule has 0 radical (unpaired) electrons. The van der Waals surface area contributed by atoms with Gasteiger partial charge in [0.05, 0.1) is 26.5 Å². The number of benzene rings is 1. The van der Waals surface area contributed by atoms with Crippen molar-refractivity contribution in [1.82, 2.24) is 9.88 Å². The Hall–Kier alpha value is -2.12. The summed E-state index contributed by atoms with van der Waals surface area (Å²) in [6, 6.07) is 5.80. The molecule has 29 heavy (non-hydrogen) atoms. The molecular formula is C22H31N3O3S. The number of nitrogens with two attached hydrogens (primary N) is 1. The van der Waals surface area contributed by atoms with Gasteiger partial charge in [-0.3, -0.25) is 9.69 Å². The van der Waals surface area contributed by atoms with E-state index in [0.717, 1.165) is 35.1 Å². The highest BCUT2D eigenvalue weighted by atomic mass is 32.1. The molecule has 1 aromatic heterocycles. The smallest absolute Gasteiger partial charge is 0.231 e. The Kier molecular flexibility index (Phi) is 7.89. The van der Waals surface area contributed by atoms with Crippen LogP contribution in [-0.2, 0) is 11.3 Å². The minimum absolute atomic E-state index is 0.274. The van der Waals surface area contributed by atoms with Crippen molar-refractivity contribution < 1.29 is 14.3 Å². The molecule has 1 aromatic carbocycles. The number of aromatic nitrogens is 1. The van der Waals surface area contributed by atoms with Crippen LogP contribution in [0.2, 0.25) is 0 Å². The van der Waals surface area contributed by atoms with Crippen LogP contribution in [0.1, 0.15) is 44.2 Å². The number of thiazole rings is 1. The van der Waals surface area contributed by atoms with Crippen molar-refractivity contribution in [2.24, 2.45) is 11.7 Å². The number of hydrogen-bond donors (Lipinski definition) is 1. The van der Waals surface area contributed by atoms with Crippen LogP contribution in [-0.4, -0.2) is 43.1 Å². The topological polar surface area (TPSA) is 77.7 Å². The number of primary amides is 1. The molecule has 0 saturated heterocycles. The number of carbonyl (C=O) groups excluding carboxylic acids is 1. The molecule has 0 atom stereocenters. The van der Waals surface area contributed by atoms with Crippen LogP contribution in [0.15, 0.2) is 23.6 Å². The van der Waals surface area contributed by atoms with Gasteiger partial charge in [-0.2, -0.15) is 0 Å². The second kappa shape index (κ2) is 10.6. The van der Waals surface area contributed by atoms with Crippen LogP contribution in [0.5, 0.6) is 11.5 Å². The van der Waals surface area contributed by atoms with Gasteiger partial charge >= 0.3 is 0 Å². The molecule has 0 bridgehead atoms. The number of hydrogen-bond acceptors (Lipinski definition) is 6. The number of amides is 1. The van der Waals surface area contributed by atoms with Gasteiger partial charge in [0, 0.05) is 17.5 Å². The van der Waals surface area contributed by atoms with Gasteiger partial charge in [-0.1, -0.05) is 32.1 Å². The maximum Gasteiger partial charge on any atom is 0.231 e. The molecule has 1 aliphatic carbocycles. The first-order valence-electron chi connectivity index (χ1n) is 10.3. The van der Waals surface area contributed by atoms with Crippen LogP contribution in [0.25, 0.3) is 10.6 Å². The monoisotopic (exact) mass is 417 g/mol. The maximum atomic E-state index is 11.5. The lowest BCUT2D eigenvalue weighted by Gasteiger charge is -2.25. The molecule has 1 amide bonds. The number of carbonyl (C=O) groups is 1. The average molecular weight is 418 g/mol. The minimum Gasteiger partial charge on any atom is -0.493 e. The van der Waals surface area contributed by atoms with E-state index in [0.29, 0.717) is 18.0 Å². The van der Waals surface area contributed by atoms with Gasteiger partial charge in [0.15, 0.2) is 11.5 Å². The van der Waals surface area contributed by atoms with Gasteiger partial charge in [-0.25, -0.2) is 4.98 Å². The van der Waals surface area contributed by atoms with E-state index in [2.05, 4.69) is 10.3 Å². The lowest BCUT2D eigenvalue weighted by atomic mass is 9.87. The summed E-state index contributed by atoms with van der Waals surface area (Å²) in [5.41, 5.74) is 7.44. The SMILES string of the molecule is COc1ccc(-c2nc(CN(CCC3CCCCC3)CC(N)=O)cs2)cc1OC. The van der Waals surface area contributed by atoms with Gasteiger partial charge < -0.3 is 15.2 Å². The van der Waals surface area contributed by atoms with Gasteiger partial charge in [0.2, 0.25) is 5.91 Å². The average Bonchev–Trinajstić information content (AvgIpc) is 3.20. The van der Waals surface area contributed by atoms with E-state index >= 15 is 0 Å². The van der Waals surface area contributed by atoms with Gasteiger partial charge in [-0.05, 0) is 37.1 Å². The first kappa shape index (κ1) is 21.6. The molecule has 1 aliphatic rings. The lowest BCUT2D eigenvalue weighted by molar-refractivity contribution is -0.119. The minimum atomic E-state index is -0.288. The highest BCUT2D eigenvalue weighted by molar-refractivity contribution is 7.13. The van der Waals surface area contributed by atoms with Crippen molar-refractivity contribution in [2.75, 3.05) is 27.3 Å². The number of methoxy groups -OCH3 is 2. The highest BCUT2D eigenvalue weighted by Crippen LogP contribution is 2.33. The van der Waals surface area contributed by atoms with Crippen molar-refractivity contribution in [3.05, 3.63) is 29.3 Å². The number of ether oxygens (including phenoxy) is 2. The zero-order chi connectivity index (χ0) is 20.6. The highest BCUT2D eigenvalue weighted by Gasteiger charge is 2.17. The van der Waals surface area contributed by atoms with Crippen LogP contribution in [0, 0.1) is 5.92 Å². The van der Waals surface area contributed by atoms with E-state index < -0.39 is 0 Å². The zero-order valence-corrected chi connectivity index (χ0v) is 18.2. The summed E-state index contributed by atoms with van der Waals surface area (Å²) in [4.78, 5) is 18.5. The summed E-state index contributed by atoms with van der Waals surface area (Å²) in [5.74, 6) is 1.87. The Bertz CT molecular complexity index is 802. The molecule has 7 heteroatoms. The van der Waals surface area contributed by atoms with Crippen molar-refractivity contribution >= 4 is 17.2 Å². The van der Waals surface area contributed by atoms with E-state index in [1.807, 2.05) is 18.2 Å². The Balaban J connectivity index is 1.66. The first-order valence-corrected chi connectivity index (χ1v) is 11.1. The second-order valence-electron chi connectivity index (χ2n) is 7.68. The fourth-order valence-electron chi connectivity index (χ4n) is 3.99. The third-order valence-electron chi connectivity index (χ3n) is 5.53. The normalized spacial score (nSPS) is 14.9. The van der Waals surface area contributed by atoms with E-state index in [4.69, 9.17) is 20.2 Å². The Labute approximate surface area is 177 Å². The van der Waals surface area contributed by atoms with Crippen molar-refractivity contribution in [3.63, 3.8) is 0 Å². The molecule has 2 N–H and O–H groups in total. The number of rotatable bonds is 10. The molecule has 1 saturated carbocycles. The molecule has 158 valence electrons. The van der Waals surface area contributed by atoms with Crippen LogP contribution in [0.4, 0.5) is 0 Å². The Morgan fingerprint density at radius 2 is 1.97 bits per heavy atom. The second-order valence-corrected chi connectivity index (χ2v) is 8.54. The van der Waals surface area contributed by atoms with Crippen LogP contribution < -0.4 is 15.2 Å². The van der Waals surface area contributed by atoms with Crippen molar-refractivity contribution in [3.8, 4) is 22.1 Å². The summed E-state index contributed by atoms with van der Waals surface area (Å²) in [6.45, 7) is 1.80. The molecule has 0 aliphatic heterocycles. The molecule has 0 unspecified atom stereocenters. The fraction of sp³-hybridized carbons (Fsp3) is 0.545. The summed E-state index contributed by atoms with van der Waals surface area (Å²) in [5, 5.41) is 2.98. The molecule has 1 heterocycles. The van der Waals surface area contributed by atoms with Gasteiger partial charge in [0.1, 0.15) is 5.01 Å². The van der Waals surface area contributed by atoms with Crippen LogP contribution in [0.3, 0.4) is 0 Å². The number of nitrogens with zero attached hydrogens (tertiary/aromatic N) is 2. The van der Waals surface area contributed by atoms with E-state index in [9.17, 15) is 4.79 Å². The summed E-state index contributed by atoms with van der Waals surface area (Å²) >= 11 is 1.59. The molecular weight excluding hydrogens is 386 g/mol.